The number of hydrogen-bond donors (Lipinski definition) is 1. The van der Waals surface area contributed by atoms with E-state index < -0.39 is 10.9 Å². The lowest BCUT2D eigenvalue weighted by molar-refractivity contribution is -0.384. The maximum atomic E-state index is 11.0. The summed E-state index contributed by atoms with van der Waals surface area (Å²) < 4.78 is 10.6. The average Bonchev–Trinajstić information content (AvgIpc) is 2.37. The highest BCUT2D eigenvalue weighted by molar-refractivity contribution is 5.91. The second kappa shape index (κ2) is 7.44. The molecule has 0 amide bonds. The van der Waals surface area contributed by atoms with Crippen molar-refractivity contribution in [2.75, 3.05) is 19.8 Å². The quantitative estimate of drug-likeness (QED) is 0.446. The molecule has 0 spiro atoms. The minimum Gasteiger partial charge on any atom is -0.490 e. The number of carbonyl (C=O) groups is 1. The molecule has 1 aromatic rings. The molecule has 1 N–H and O–H groups in total. The van der Waals surface area contributed by atoms with Crippen LogP contribution < -0.4 is 4.74 Å². The molecule has 7 nitrogen and oxygen atoms in total. The van der Waals surface area contributed by atoms with E-state index in [2.05, 4.69) is 0 Å². The minimum atomic E-state index is -1.27. The monoisotopic (exact) mass is 283 g/mol. The maximum absolute atomic E-state index is 11.0. The average molecular weight is 283 g/mol. The van der Waals surface area contributed by atoms with Gasteiger partial charge in [-0.05, 0) is 12.0 Å². The van der Waals surface area contributed by atoms with E-state index in [4.69, 9.17) is 14.6 Å². The van der Waals surface area contributed by atoms with Crippen molar-refractivity contribution in [1.82, 2.24) is 0 Å². The molecule has 0 aliphatic carbocycles. The summed E-state index contributed by atoms with van der Waals surface area (Å²) in [5.74, 6) is -0.771. The first kappa shape index (κ1) is 15.9. The number of rotatable bonds is 8. The zero-order chi connectivity index (χ0) is 15.1. The fraction of sp³-hybridized carbons (Fsp3) is 0.462. The molecule has 0 aliphatic rings. The van der Waals surface area contributed by atoms with Crippen LogP contribution in [0, 0.1) is 16.0 Å². The van der Waals surface area contributed by atoms with Crippen molar-refractivity contribution in [3.05, 3.63) is 33.9 Å². The van der Waals surface area contributed by atoms with Gasteiger partial charge >= 0.3 is 5.97 Å². The van der Waals surface area contributed by atoms with Gasteiger partial charge in [0.2, 0.25) is 0 Å². The van der Waals surface area contributed by atoms with Crippen LogP contribution in [0.3, 0.4) is 0 Å². The van der Waals surface area contributed by atoms with E-state index >= 15 is 0 Å². The van der Waals surface area contributed by atoms with Gasteiger partial charge in [-0.2, -0.15) is 0 Å². The highest BCUT2D eigenvalue weighted by Crippen LogP contribution is 2.24. The second-order valence-electron chi connectivity index (χ2n) is 4.56. The van der Waals surface area contributed by atoms with E-state index in [0.717, 1.165) is 6.07 Å². The third kappa shape index (κ3) is 4.85. The van der Waals surface area contributed by atoms with Gasteiger partial charge in [0.05, 0.1) is 11.5 Å². The fourth-order valence-corrected chi connectivity index (χ4v) is 1.45. The lowest BCUT2D eigenvalue weighted by atomic mass is 10.2. The van der Waals surface area contributed by atoms with Crippen LogP contribution in [-0.2, 0) is 4.74 Å². The zero-order valence-corrected chi connectivity index (χ0v) is 11.4. The number of nitro groups is 1. The van der Waals surface area contributed by atoms with Crippen molar-refractivity contribution in [1.29, 1.82) is 0 Å². The molecule has 0 aliphatic heterocycles. The van der Waals surface area contributed by atoms with E-state index in [0.29, 0.717) is 19.1 Å². The Kier molecular flexibility index (Phi) is 5.92. The van der Waals surface area contributed by atoms with Crippen LogP contribution >= 0.6 is 0 Å². The van der Waals surface area contributed by atoms with Crippen molar-refractivity contribution in [2.24, 2.45) is 5.92 Å². The van der Waals surface area contributed by atoms with Gasteiger partial charge in [0.25, 0.3) is 5.69 Å². The summed E-state index contributed by atoms with van der Waals surface area (Å²) in [6.45, 7) is 5.13. The lowest BCUT2D eigenvalue weighted by Gasteiger charge is -2.10. The Labute approximate surface area is 116 Å². The van der Waals surface area contributed by atoms with E-state index in [1.54, 1.807) is 0 Å². The van der Waals surface area contributed by atoms with Gasteiger partial charge in [-0.1, -0.05) is 13.8 Å². The molecule has 0 heterocycles. The number of hydrogen-bond acceptors (Lipinski definition) is 5. The first-order chi connectivity index (χ1) is 9.41. The summed E-state index contributed by atoms with van der Waals surface area (Å²) in [6.07, 6.45) is 0. The van der Waals surface area contributed by atoms with E-state index in [-0.39, 0.29) is 23.6 Å². The second-order valence-corrected chi connectivity index (χ2v) is 4.56. The van der Waals surface area contributed by atoms with Gasteiger partial charge in [-0.25, -0.2) is 4.79 Å². The predicted octanol–water partition coefficient (Wildman–Crippen LogP) is 2.34. The summed E-state index contributed by atoms with van der Waals surface area (Å²) in [5, 5.41) is 19.6. The molecule has 0 atom stereocenters. The number of carboxylic acids is 1. The molecule has 1 aromatic carbocycles. The third-order valence-electron chi connectivity index (χ3n) is 2.34. The van der Waals surface area contributed by atoms with Crippen molar-refractivity contribution in [2.45, 2.75) is 13.8 Å². The van der Waals surface area contributed by atoms with Crippen LogP contribution in [0.25, 0.3) is 0 Å². The minimum absolute atomic E-state index is 0.0937. The highest BCUT2D eigenvalue weighted by Gasteiger charge is 2.16. The van der Waals surface area contributed by atoms with Crippen molar-refractivity contribution >= 4 is 11.7 Å². The fourth-order valence-electron chi connectivity index (χ4n) is 1.45. The molecule has 0 fully saturated rings. The number of aromatic carboxylic acids is 1. The first-order valence-electron chi connectivity index (χ1n) is 6.14. The Morgan fingerprint density at radius 1 is 1.40 bits per heavy atom. The molecule has 0 bridgehead atoms. The summed E-state index contributed by atoms with van der Waals surface area (Å²) in [4.78, 5) is 21.0. The summed E-state index contributed by atoms with van der Waals surface area (Å²) >= 11 is 0. The van der Waals surface area contributed by atoms with Crippen LogP contribution in [0.5, 0.6) is 5.75 Å². The van der Waals surface area contributed by atoms with Crippen molar-refractivity contribution < 1.29 is 24.3 Å². The zero-order valence-electron chi connectivity index (χ0n) is 11.4. The summed E-state index contributed by atoms with van der Waals surface area (Å²) in [7, 11) is 0. The van der Waals surface area contributed by atoms with E-state index in [9.17, 15) is 14.9 Å². The van der Waals surface area contributed by atoms with Crippen LogP contribution in [0.2, 0.25) is 0 Å². The van der Waals surface area contributed by atoms with E-state index in [1.807, 2.05) is 13.8 Å². The molecule has 1 rings (SSSR count). The lowest BCUT2D eigenvalue weighted by Crippen LogP contribution is -2.12. The molecule has 0 saturated carbocycles. The third-order valence-corrected chi connectivity index (χ3v) is 2.34. The number of nitro benzene ring substituents is 1. The molecule has 0 unspecified atom stereocenters. The predicted molar refractivity (Wildman–Crippen MR) is 71.2 cm³/mol. The molecule has 0 radical (unpaired) electrons. The largest absolute Gasteiger partial charge is 0.490 e. The highest BCUT2D eigenvalue weighted by atomic mass is 16.6. The molecule has 0 aromatic heterocycles. The molecule has 7 heteroatoms. The maximum Gasteiger partial charge on any atom is 0.339 e. The topological polar surface area (TPSA) is 98.9 Å². The van der Waals surface area contributed by atoms with Crippen LogP contribution in [-0.4, -0.2) is 35.8 Å². The molecule has 110 valence electrons. The van der Waals surface area contributed by atoms with Gasteiger partial charge in [-0.3, -0.25) is 10.1 Å². The van der Waals surface area contributed by atoms with Gasteiger partial charge in [0, 0.05) is 18.7 Å². The molecule has 20 heavy (non-hydrogen) atoms. The van der Waals surface area contributed by atoms with Crippen LogP contribution in [0.4, 0.5) is 5.69 Å². The summed E-state index contributed by atoms with van der Waals surface area (Å²) in [5.41, 5.74) is -0.520. The number of benzene rings is 1. The van der Waals surface area contributed by atoms with Crippen LogP contribution in [0.1, 0.15) is 24.2 Å². The smallest absolute Gasteiger partial charge is 0.339 e. The number of ether oxygens (including phenoxy) is 2. The van der Waals surface area contributed by atoms with Gasteiger partial charge < -0.3 is 14.6 Å². The SMILES string of the molecule is CC(C)COCCOc1ccc([N+](=O)[O-])cc1C(=O)O. The van der Waals surface area contributed by atoms with Gasteiger partial charge in [0.15, 0.2) is 0 Å². The Balaban J connectivity index is 2.65. The number of non-ortho nitro benzene ring substituents is 1. The summed E-state index contributed by atoms with van der Waals surface area (Å²) in [6, 6.07) is 3.47. The van der Waals surface area contributed by atoms with Gasteiger partial charge in [-0.15, -0.1) is 0 Å². The molecular formula is C13H17NO6. The Morgan fingerprint density at radius 3 is 2.65 bits per heavy atom. The van der Waals surface area contributed by atoms with E-state index in [1.165, 1.54) is 12.1 Å². The van der Waals surface area contributed by atoms with Gasteiger partial charge in [0.1, 0.15) is 17.9 Å². The van der Waals surface area contributed by atoms with Crippen molar-refractivity contribution in [3.63, 3.8) is 0 Å². The Hall–Kier alpha value is -2.15. The Morgan fingerprint density at radius 2 is 2.10 bits per heavy atom. The normalized spacial score (nSPS) is 10.6. The standard InChI is InChI=1S/C13H17NO6/c1-9(2)8-19-5-6-20-12-4-3-10(14(17)18)7-11(12)13(15)16/h3-4,7,9H,5-6,8H2,1-2H3,(H,15,16). The number of carboxylic acid groups (broad SMARTS) is 1. The first-order valence-corrected chi connectivity index (χ1v) is 6.14. The van der Waals surface area contributed by atoms with Crippen LogP contribution in [0.15, 0.2) is 18.2 Å². The van der Waals surface area contributed by atoms with Crippen molar-refractivity contribution in [3.8, 4) is 5.75 Å². The number of nitrogens with zero attached hydrogens (tertiary/aromatic N) is 1. The molecular weight excluding hydrogens is 266 g/mol. The Bertz CT molecular complexity index is 486. The molecule has 0 saturated heterocycles.